The second-order valence-electron chi connectivity index (χ2n) is 5.02. The lowest BCUT2D eigenvalue weighted by Crippen LogP contribution is -2.36. The molecule has 0 spiro atoms. The van der Waals surface area contributed by atoms with Gasteiger partial charge in [0.1, 0.15) is 5.41 Å². The van der Waals surface area contributed by atoms with E-state index >= 15 is 0 Å². The molecule has 0 fully saturated rings. The summed E-state index contributed by atoms with van der Waals surface area (Å²) in [7, 11) is 0. The van der Waals surface area contributed by atoms with Gasteiger partial charge >= 0.3 is 0 Å². The molecule has 0 radical (unpaired) electrons. The van der Waals surface area contributed by atoms with Crippen molar-refractivity contribution < 1.29 is 19.2 Å². The Balaban J connectivity index is 2.83. The summed E-state index contributed by atoms with van der Waals surface area (Å²) in [5.74, 6) is 0. The SMILES string of the molecule is O=C(Cl)C1=CC(C(=O)Cl)(C(=O)Cl)CC(C(=O)Cl)=C1c1ccccc1. The molecule has 1 aliphatic carbocycles. The van der Waals surface area contributed by atoms with Gasteiger partial charge in [-0.05, 0) is 58.0 Å². The Morgan fingerprint density at radius 2 is 1.38 bits per heavy atom. The first-order valence-corrected chi connectivity index (χ1v) is 8.03. The zero-order valence-electron chi connectivity index (χ0n) is 11.8. The van der Waals surface area contributed by atoms with Gasteiger partial charge in [-0.1, -0.05) is 30.3 Å². The highest BCUT2D eigenvalue weighted by atomic mass is 35.5. The van der Waals surface area contributed by atoms with Crippen molar-refractivity contribution in [3.05, 3.63) is 53.1 Å². The predicted molar refractivity (Wildman–Crippen MR) is 91.9 cm³/mol. The summed E-state index contributed by atoms with van der Waals surface area (Å²) in [5.41, 5.74) is -1.85. The summed E-state index contributed by atoms with van der Waals surface area (Å²) in [5, 5.41) is -4.21. The van der Waals surface area contributed by atoms with E-state index in [9.17, 15) is 19.2 Å². The third-order valence-corrected chi connectivity index (χ3v) is 4.74. The summed E-state index contributed by atoms with van der Waals surface area (Å²) in [6, 6.07) is 8.34. The fourth-order valence-electron chi connectivity index (χ4n) is 2.49. The van der Waals surface area contributed by atoms with Crippen molar-refractivity contribution in [1.82, 2.24) is 0 Å². The number of halogens is 4. The van der Waals surface area contributed by atoms with Crippen LogP contribution in [0.4, 0.5) is 0 Å². The van der Waals surface area contributed by atoms with E-state index in [1.807, 2.05) is 0 Å². The number of carbonyl (C=O) groups excluding carboxylic acids is 4. The van der Waals surface area contributed by atoms with E-state index in [1.54, 1.807) is 30.3 Å². The second-order valence-corrected chi connectivity index (χ2v) is 6.39. The van der Waals surface area contributed by atoms with Crippen LogP contribution in [0.2, 0.25) is 0 Å². The van der Waals surface area contributed by atoms with Gasteiger partial charge in [0.05, 0.1) is 0 Å². The average Bonchev–Trinajstić information content (AvgIpc) is 2.53. The summed E-state index contributed by atoms with van der Waals surface area (Å²) in [4.78, 5) is 47.4. The van der Waals surface area contributed by atoms with Crippen LogP contribution < -0.4 is 0 Å². The molecule has 1 aliphatic rings. The Morgan fingerprint density at radius 3 is 1.79 bits per heavy atom. The summed E-state index contributed by atoms with van der Waals surface area (Å²) in [6.07, 6.45) is 0.538. The van der Waals surface area contributed by atoms with E-state index in [2.05, 4.69) is 0 Å². The maximum absolute atomic E-state index is 11.9. The molecule has 0 atom stereocenters. The van der Waals surface area contributed by atoms with Crippen LogP contribution in [0.3, 0.4) is 0 Å². The first kappa shape index (κ1) is 18.9. The Bertz CT molecular complexity index is 795. The molecule has 24 heavy (non-hydrogen) atoms. The fourth-order valence-corrected chi connectivity index (χ4v) is 3.26. The lowest BCUT2D eigenvalue weighted by molar-refractivity contribution is -0.128. The quantitative estimate of drug-likeness (QED) is 0.551. The highest BCUT2D eigenvalue weighted by molar-refractivity contribution is 6.76. The largest absolute Gasteiger partial charge is 0.280 e. The first-order chi connectivity index (χ1) is 11.2. The second kappa shape index (κ2) is 7.19. The monoisotopic (exact) mass is 404 g/mol. The van der Waals surface area contributed by atoms with Gasteiger partial charge in [0.15, 0.2) is 0 Å². The third-order valence-electron chi connectivity index (χ3n) is 3.63. The van der Waals surface area contributed by atoms with Gasteiger partial charge < -0.3 is 0 Å². The highest BCUT2D eigenvalue weighted by Gasteiger charge is 2.48. The van der Waals surface area contributed by atoms with E-state index in [1.165, 1.54) is 0 Å². The molecule has 2 rings (SSSR count). The van der Waals surface area contributed by atoms with Crippen LogP contribution in [0, 0.1) is 5.41 Å². The van der Waals surface area contributed by atoms with Gasteiger partial charge in [0.2, 0.25) is 15.7 Å². The minimum Gasteiger partial charge on any atom is -0.280 e. The molecule has 1 aromatic carbocycles. The molecule has 124 valence electrons. The van der Waals surface area contributed by atoms with Crippen molar-refractivity contribution in [2.45, 2.75) is 6.42 Å². The van der Waals surface area contributed by atoms with Gasteiger partial charge in [0.25, 0.3) is 5.24 Å². The molecule has 1 aromatic rings. The number of hydrogen-bond acceptors (Lipinski definition) is 4. The van der Waals surface area contributed by atoms with Crippen LogP contribution in [0.1, 0.15) is 12.0 Å². The van der Waals surface area contributed by atoms with Crippen molar-refractivity contribution in [2.24, 2.45) is 5.41 Å². The molecule has 0 aromatic heterocycles. The minimum atomic E-state index is -2.08. The Kier molecular flexibility index (Phi) is 5.66. The lowest BCUT2D eigenvalue weighted by Gasteiger charge is -2.30. The zero-order chi connectivity index (χ0) is 18.1. The fraction of sp³-hybridized carbons (Fsp3) is 0.125. The molecular formula is C16H8Cl4O4. The Labute approximate surface area is 157 Å². The average molecular weight is 406 g/mol. The highest BCUT2D eigenvalue weighted by Crippen LogP contribution is 2.45. The molecule has 0 unspecified atom stereocenters. The van der Waals surface area contributed by atoms with Gasteiger partial charge in [-0.2, -0.15) is 0 Å². The summed E-state index contributed by atoms with van der Waals surface area (Å²) < 4.78 is 0. The first-order valence-electron chi connectivity index (χ1n) is 6.52. The van der Waals surface area contributed by atoms with Crippen molar-refractivity contribution in [1.29, 1.82) is 0 Å². The predicted octanol–water partition coefficient (Wildman–Crippen LogP) is 3.82. The van der Waals surface area contributed by atoms with Crippen molar-refractivity contribution in [2.75, 3.05) is 0 Å². The van der Waals surface area contributed by atoms with Gasteiger partial charge in [-0.3, -0.25) is 19.2 Å². The third kappa shape index (κ3) is 3.33. The Hall–Kier alpha value is -1.46. The van der Waals surface area contributed by atoms with Crippen molar-refractivity contribution in [3.63, 3.8) is 0 Å². The molecule has 4 nitrogen and oxygen atoms in total. The summed E-state index contributed by atoms with van der Waals surface area (Å²) >= 11 is 22.3. The molecule has 0 heterocycles. The van der Waals surface area contributed by atoms with Crippen LogP contribution >= 0.6 is 46.4 Å². The summed E-state index contributed by atoms with van der Waals surface area (Å²) in [6.45, 7) is 0. The maximum Gasteiger partial charge on any atom is 0.252 e. The lowest BCUT2D eigenvalue weighted by atomic mass is 9.74. The van der Waals surface area contributed by atoms with Crippen molar-refractivity contribution >= 4 is 72.9 Å². The van der Waals surface area contributed by atoms with E-state index in [0.29, 0.717) is 5.56 Å². The van der Waals surface area contributed by atoms with Crippen LogP contribution in [0.25, 0.3) is 5.57 Å². The van der Waals surface area contributed by atoms with E-state index in [4.69, 9.17) is 46.4 Å². The molecule has 0 aliphatic heterocycles. The molecule has 0 saturated carbocycles. The van der Waals surface area contributed by atoms with Crippen LogP contribution in [0.15, 0.2) is 47.6 Å². The van der Waals surface area contributed by atoms with Crippen LogP contribution in [-0.2, 0) is 19.2 Å². The number of allylic oxidation sites excluding steroid dienone is 4. The van der Waals surface area contributed by atoms with Crippen LogP contribution in [-0.4, -0.2) is 21.0 Å². The standard InChI is InChI=1S/C16H8Cl4O4/c17-12(21)9-6-16(14(19)23,15(20)24)7-10(13(18)22)11(9)8-4-2-1-3-5-8/h1-6H,7H2. The molecule has 8 heteroatoms. The van der Waals surface area contributed by atoms with E-state index < -0.39 is 32.8 Å². The van der Waals surface area contributed by atoms with E-state index in [0.717, 1.165) is 6.08 Å². The zero-order valence-corrected chi connectivity index (χ0v) is 14.8. The minimum absolute atomic E-state index is 0.141. The molecule has 0 bridgehead atoms. The molecule has 0 amide bonds. The molecular weight excluding hydrogens is 398 g/mol. The van der Waals surface area contributed by atoms with Gasteiger partial charge in [0, 0.05) is 23.1 Å². The van der Waals surface area contributed by atoms with Gasteiger partial charge in [-0.25, -0.2) is 0 Å². The van der Waals surface area contributed by atoms with Gasteiger partial charge in [-0.15, -0.1) is 0 Å². The normalized spacial score (nSPS) is 16.4. The number of rotatable bonds is 5. The number of benzene rings is 1. The molecule has 0 saturated heterocycles. The maximum atomic E-state index is 11.9. The van der Waals surface area contributed by atoms with E-state index in [-0.39, 0.29) is 16.7 Å². The smallest absolute Gasteiger partial charge is 0.252 e. The molecule has 0 N–H and O–H groups in total. The topological polar surface area (TPSA) is 68.3 Å². The van der Waals surface area contributed by atoms with Crippen molar-refractivity contribution in [3.8, 4) is 0 Å². The number of hydrogen-bond donors (Lipinski definition) is 0. The number of carbonyl (C=O) groups is 4. The Morgan fingerprint density at radius 1 is 0.833 bits per heavy atom. The van der Waals surface area contributed by atoms with Crippen LogP contribution in [0.5, 0.6) is 0 Å².